The van der Waals surface area contributed by atoms with Crippen molar-refractivity contribution in [3.63, 3.8) is 0 Å². The number of hydrogen-bond donors (Lipinski definition) is 2. The SMILES string of the molecule is CN(C)c1nc(N[C@H]2CC[C@@H](CNC(=O)c3ccc(Br)cc3Cl)CC2)nc2ccccc12. The van der Waals surface area contributed by atoms with E-state index in [2.05, 4.69) is 32.6 Å². The maximum Gasteiger partial charge on any atom is 0.252 e. The zero-order valence-electron chi connectivity index (χ0n) is 18.2. The molecular formula is C24H27BrClN5O. The number of carbonyl (C=O) groups is 1. The average molecular weight is 517 g/mol. The maximum absolute atomic E-state index is 12.5. The van der Waals surface area contributed by atoms with Crippen molar-refractivity contribution in [2.24, 2.45) is 5.92 Å². The maximum atomic E-state index is 12.5. The fourth-order valence-electron chi connectivity index (χ4n) is 4.16. The standard InChI is InChI=1S/C24H27BrClN5O/c1-31(2)22-19-5-3-4-6-21(19)29-24(30-22)28-17-10-7-15(8-11-17)14-27-23(32)18-12-9-16(25)13-20(18)26/h3-6,9,12-13,15,17H,7-8,10-11,14H2,1-2H3,(H,27,32)(H,28,29,30)/t15-,17+. The third-order valence-electron chi connectivity index (χ3n) is 5.91. The third-order valence-corrected chi connectivity index (χ3v) is 6.72. The van der Waals surface area contributed by atoms with E-state index in [4.69, 9.17) is 21.6 Å². The molecule has 0 bridgehead atoms. The predicted molar refractivity (Wildman–Crippen MR) is 135 cm³/mol. The van der Waals surface area contributed by atoms with Crippen molar-refractivity contribution in [3.05, 3.63) is 57.5 Å². The lowest BCUT2D eigenvalue weighted by atomic mass is 9.86. The summed E-state index contributed by atoms with van der Waals surface area (Å²) >= 11 is 9.56. The molecule has 168 valence electrons. The van der Waals surface area contributed by atoms with Gasteiger partial charge in [0.2, 0.25) is 5.95 Å². The molecule has 8 heteroatoms. The summed E-state index contributed by atoms with van der Waals surface area (Å²) in [6, 6.07) is 13.7. The van der Waals surface area contributed by atoms with Crippen molar-refractivity contribution in [2.45, 2.75) is 31.7 Å². The molecular weight excluding hydrogens is 490 g/mol. The van der Waals surface area contributed by atoms with E-state index in [0.29, 0.717) is 35.0 Å². The van der Waals surface area contributed by atoms with Crippen molar-refractivity contribution >= 4 is 56.1 Å². The van der Waals surface area contributed by atoms with Crippen molar-refractivity contribution in [1.29, 1.82) is 0 Å². The molecule has 1 aliphatic carbocycles. The number of amides is 1. The lowest BCUT2D eigenvalue weighted by Gasteiger charge is -2.29. The summed E-state index contributed by atoms with van der Waals surface area (Å²) in [5.41, 5.74) is 1.45. The Balaban J connectivity index is 1.32. The van der Waals surface area contributed by atoms with Crippen LogP contribution < -0.4 is 15.5 Å². The van der Waals surface area contributed by atoms with Crippen LogP contribution >= 0.6 is 27.5 Å². The monoisotopic (exact) mass is 515 g/mol. The normalized spacial score (nSPS) is 18.4. The number of carbonyl (C=O) groups excluding carboxylic acids is 1. The van der Waals surface area contributed by atoms with Crippen LogP contribution in [0.3, 0.4) is 0 Å². The number of rotatable bonds is 6. The van der Waals surface area contributed by atoms with Gasteiger partial charge in [0.05, 0.1) is 16.1 Å². The molecule has 2 aromatic carbocycles. The molecule has 32 heavy (non-hydrogen) atoms. The zero-order valence-corrected chi connectivity index (χ0v) is 20.6. The average Bonchev–Trinajstić information content (AvgIpc) is 2.78. The molecule has 1 heterocycles. The van der Waals surface area contributed by atoms with Gasteiger partial charge in [-0.3, -0.25) is 4.79 Å². The number of hydrogen-bond acceptors (Lipinski definition) is 5. The smallest absolute Gasteiger partial charge is 0.252 e. The number of nitrogens with one attached hydrogen (secondary N) is 2. The van der Waals surface area contributed by atoms with Gasteiger partial charge in [0, 0.05) is 36.5 Å². The fourth-order valence-corrected chi connectivity index (χ4v) is 4.92. The summed E-state index contributed by atoms with van der Waals surface area (Å²) in [4.78, 5) is 24.0. The van der Waals surface area contributed by atoms with Gasteiger partial charge in [-0.05, 0) is 61.9 Å². The minimum Gasteiger partial charge on any atom is -0.362 e. The Morgan fingerprint density at radius 1 is 1.12 bits per heavy atom. The van der Waals surface area contributed by atoms with E-state index < -0.39 is 0 Å². The van der Waals surface area contributed by atoms with Gasteiger partial charge in [-0.1, -0.05) is 39.7 Å². The Bertz CT molecular complexity index is 1110. The first kappa shape index (κ1) is 22.8. The lowest BCUT2D eigenvalue weighted by Crippen LogP contribution is -2.34. The van der Waals surface area contributed by atoms with Crippen LogP contribution in [-0.2, 0) is 0 Å². The van der Waals surface area contributed by atoms with Gasteiger partial charge in [-0.25, -0.2) is 4.98 Å². The molecule has 1 aromatic heterocycles. The van der Waals surface area contributed by atoms with Crippen LogP contribution in [0.15, 0.2) is 46.9 Å². The van der Waals surface area contributed by atoms with E-state index in [1.165, 1.54) is 0 Å². The number of benzene rings is 2. The van der Waals surface area contributed by atoms with E-state index in [1.807, 2.05) is 43.3 Å². The summed E-state index contributed by atoms with van der Waals surface area (Å²) in [6.07, 6.45) is 4.13. The van der Waals surface area contributed by atoms with Crippen molar-refractivity contribution in [1.82, 2.24) is 15.3 Å². The number of nitrogens with zero attached hydrogens (tertiary/aromatic N) is 3. The van der Waals surface area contributed by atoms with Crippen LogP contribution in [-0.4, -0.2) is 42.6 Å². The summed E-state index contributed by atoms with van der Waals surface area (Å²) in [5, 5.41) is 8.08. The van der Waals surface area contributed by atoms with Gasteiger partial charge < -0.3 is 15.5 Å². The van der Waals surface area contributed by atoms with E-state index in [0.717, 1.165) is 46.9 Å². The third kappa shape index (κ3) is 5.33. The first-order valence-corrected chi connectivity index (χ1v) is 12.0. The molecule has 1 fully saturated rings. The van der Waals surface area contributed by atoms with Gasteiger partial charge in [0.15, 0.2) is 0 Å². The van der Waals surface area contributed by atoms with E-state index in [-0.39, 0.29) is 5.91 Å². The second kappa shape index (κ2) is 10.0. The van der Waals surface area contributed by atoms with Gasteiger partial charge >= 0.3 is 0 Å². The Morgan fingerprint density at radius 2 is 1.88 bits per heavy atom. The highest BCUT2D eigenvalue weighted by Crippen LogP contribution is 2.28. The molecule has 2 N–H and O–H groups in total. The molecule has 0 spiro atoms. The van der Waals surface area contributed by atoms with E-state index in [1.54, 1.807) is 12.1 Å². The summed E-state index contributed by atoms with van der Waals surface area (Å²) in [6.45, 7) is 0.662. The molecule has 3 aromatic rings. The van der Waals surface area contributed by atoms with Gasteiger partial charge in [-0.2, -0.15) is 4.98 Å². The Labute approximate surface area is 201 Å². The highest BCUT2D eigenvalue weighted by atomic mass is 79.9. The first-order valence-electron chi connectivity index (χ1n) is 10.8. The van der Waals surface area contributed by atoms with Crippen LogP contribution in [0.25, 0.3) is 10.9 Å². The zero-order chi connectivity index (χ0) is 22.7. The minimum atomic E-state index is -0.122. The van der Waals surface area contributed by atoms with Crippen LogP contribution in [0.5, 0.6) is 0 Å². The topological polar surface area (TPSA) is 70.2 Å². The van der Waals surface area contributed by atoms with Gasteiger partial charge in [-0.15, -0.1) is 0 Å². The largest absolute Gasteiger partial charge is 0.362 e. The quantitative estimate of drug-likeness (QED) is 0.452. The van der Waals surface area contributed by atoms with Gasteiger partial charge in [0.1, 0.15) is 5.82 Å². The molecule has 0 aliphatic heterocycles. The first-order chi connectivity index (χ1) is 15.4. The molecule has 0 radical (unpaired) electrons. The summed E-state index contributed by atoms with van der Waals surface area (Å²) in [7, 11) is 4.00. The summed E-state index contributed by atoms with van der Waals surface area (Å²) in [5.74, 6) is 1.93. The molecule has 1 amide bonds. The van der Waals surface area contributed by atoms with Crippen LogP contribution in [0, 0.1) is 5.92 Å². The Kier molecular flexibility index (Phi) is 7.16. The van der Waals surface area contributed by atoms with Crippen LogP contribution in [0.2, 0.25) is 5.02 Å². The van der Waals surface area contributed by atoms with Crippen molar-refractivity contribution < 1.29 is 4.79 Å². The number of fused-ring (bicyclic) bond motifs is 1. The Hall–Kier alpha value is -2.38. The second-order valence-electron chi connectivity index (χ2n) is 8.48. The van der Waals surface area contributed by atoms with Crippen molar-refractivity contribution in [3.8, 4) is 0 Å². The van der Waals surface area contributed by atoms with Crippen molar-refractivity contribution in [2.75, 3.05) is 30.9 Å². The highest BCUT2D eigenvalue weighted by molar-refractivity contribution is 9.10. The second-order valence-corrected chi connectivity index (χ2v) is 9.80. The number of halogens is 2. The van der Waals surface area contributed by atoms with Gasteiger partial charge in [0.25, 0.3) is 5.91 Å². The summed E-state index contributed by atoms with van der Waals surface area (Å²) < 4.78 is 0.859. The molecule has 1 saturated carbocycles. The fraction of sp³-hybridized carbons (Fsp3) is 0.375. The van der Waals surface area contributed by atoms with E-state index in [9.17, 15) is 4.79 Å². The molecule has 6 nitrogen and oxygen atoms in total. The number of para-hydroxylation sites is 1. The molecule has 0 saturated heterocycles. The van der Waals surface area contributed by atoms with E-state index >= 15 is 0 Å². The predicted octanol–water partition coefficient (Wildman–Crippen LogP) is 5.51. The molecule has 0 unspecified atom stereocenters. The highest BCUT2D eigenvalue weighted by Gasteiger charge is 2.23. The number of aromatic nitrogens is 2. The molecule has 0 atom stereocenters. The van der Waals surface area contributed by atoms with Crippen LogP contribution in [0.1, 0.15) is 36.0 Å². The molecule has 1 aliphatic rings. The van der Waals surface area contributed by atoms with Crippen LogP contribution in [0.4, 0.5) is 11.8 Å². The molecule has 4 rings (SSSR count). The lowest BCUT2D eigenvalue weighted by molar-refractivity contribution is 0.0943. The number of anilines is 2. The Morgan fingerprint density at radius 3 is 2.59 bits per heavy atom. The minimum absolute atomic E-state index is 0.122.